The summed E-state index contributed by atoms with van der Waals surface area (Å²) in [5.74, 6) is -1.47. The Labute approximate surface area is 134 Å². The van der Waals surface area contributed by atoms with E-state index in [0.29, 0.717) is 5.02 Å². The summed E-state index contributed by atoms with van der Waals surface area (Å²) >= 11 is 11.7. The van der Waals surface area contributed by atoms with Gasteiger partial charge in [0.2, 0.25) is 0 Å². The van der Waals surface area contributed by atoms with Gasteiger partial charge < -0.3 is 21.7 Å². The van der Waals surface area contributed by atoms with Crippen molar-refractivity contribution < 1.29 is 15.0 Å². The molecule has 0 heterocycles. The van der Waals surface area contributed by atoms with E-state index in [0.717, 1.165) is 6.07 Å². The van der Waals surface area contributed by atoms with Gasteiger partial charge in [0.05, 0.1) is 22.0 Å². The highest BCUT2D eigenvalue weighted by molar-refractivity contribution is 6.36. The summed E-state index contributed by atoms with van der Waals surface area (Å²) in [4.78, 5) is 11.2. The van der Waals surface area contributed by atoms with Gasteiger partial charge in [-0.3, -0.25) is 0 Å². The van der Waals surface area contributed by atoms with Crippen molar-refractivity contribution in [3.8, 4) is 5.75 Å². The molecule has 0 bridgehead atoms. The quantitative estimate of drug-likeness (QED) is 0.495. The summed E-state index contributed by atoms with van der Waals surface area (Å²) in [6.45, 7) is 0. The van der Waals surface area contributed by atoms with Gasteiger partial charge in [-0.15, -0.1) is 10.2 Å². The highest BCUT2D eigenvalue weighted by atomic mass is 35.5. The normalized spacial score (nSPS) is 11.0. The Hall–Kier alpha value is -2.51. The molecule has 0 atom stereocenters. The molecule has 2 aromatic carbocycles. The topological polar surface area (TPSA) is 134 Å². The van der Waals surface area contributed by atoms with Crippen molar-refractivity contribution in [2.75, 3.05) is 11.5 Å². The van der Waals surface area contributed by atoms with Crippen molar-refractivity contribution in [2.45, 2.75) is 0 Å². The van der Waals surface area contributed by atoms with Gasteiger partial charge in [0.25, 0.3) is 0 Å². The van der Waals surface area contributed by atoms with Crippen LogP contribution < -0.4 is 11.5 Å². The molecule has 0 amide bonds. The molecule has 114 valence electrons. The lowest BCUT2D eigenvalue weighted by molar-refractivity contribution is 0.0698. The number of aromatic hydroxyl groups is 1. The second kappa shape index (κ2) is 6.08. The number of hydrogen-bond donors (Lipinski definition) is 4. The summed E-state index contributed by atoms with van der Waals surface area (Å²) < 4.78 is 0. The third kappa shape index (κ3) is 3.05. The van der Waals surface area contributed by atoms with Crippen molar-refractivity contribution in [1.29, 1.82) is 0 Å². The molecule has 6 N–H and O–H groups in total. The van der Waals surface area contributed by atoms with Crippen molar-refractivity contribution in [3.63, 3.8) is 0 Å². The van der Waals surface area contributed by atoms with Crippen molar-refractivity contribution in [2.24, 2.45) is 10.2 Å². The largest absolute Gasteiger partial charge is 0.506 e. The Morgan fingerprint density at radius 1 is 1.14 bits per heavy atom. The number of benzene rings is 2. The van der Waals surface area contributed by atoms with Crippen LogP contribution in [-0.4, -0.2) is 16.2 Å². The molecular weight excluding hydrogens is 331 g/mol. The van der Waals surface area contributed by atoms with Crippen molar-refractivity contribution in [3.05, 3.63) is 39.9 Å². The molecule has 0 saturated heterocycles. The second-order valence-electron chi connectivity index (χ2n) is 4.23. The first-order chi connectivity index (χ1) is 10.3. The Bertz CT molecular complexity index is 793. The predicted molar refractivity (Wildman–Crippen MR) is 84.5 cm³/mol. The molecule has 0 aliphatic rings. The second-order valence-corrected chi connectivity index (χ2v) is 5.04. The number of anilines is 2. The Morgan fingerprint density at radius 3 is 2.45 bits per heavy atom. The van der Waals surface area contributed by atoms with Crippen LogP contribution in [0.4, 0.5) is 22.7 Å². The molecule has 0 aliphatic heterocycles. The zero-order valence-electron chi connectivity index (χ0n) is 10.9. The van der Waals surface area contributed by atoms with Crippen LogP contribution in [-0.2, 0) is 0 Å². The Balaban J connectivity index is 2.57. The lowest BCUT2D eigenvalue weighted by atomic mass is 10.1. The van der Waals surface area contributed by atoms with E-state index >= 15 is 0 Å². The molecule has 9 heteroatoms. The molecule has 0 fully saturated rings. The van der Waals surface area contributed by atoms with Crippen LogP contribution in [0.5, 0.6) is 5.75 Å². The van der Waals surface area contributed by atoms with Crippen LogP contribution in [0.15, 0.2) is 34.5 Å². The van der Waals surface area contributed by atoms with Gasteiger partial charge in [0.1, 0.15) is 17.1 Å². The number of nitrogens with zero attached hydrogens (tertiary/aromatic N) is 2. The molecule has 0 aliphatic carbocycles. The van der Waals surface area contributed by atoms with E-state index in [1.54, 1.807) is 0 Å². The van der Waals surface area contributed by atoms with Crippen LogP contribution in [0.3, 0.4) is 0 Å². The number of carbonyl (C=O) groups is 1. The van der Waals surface area contributed by atoms with Gasteiger partial charge in [0.15, 0.2) is 0 Å². The average Bonchev–Trinajstić information content (AvgIpc) is 2.46. The highest BCUT2D eigenvalue weighted by Gasteiger charge is 2.18. The van der Waals surface area contributed by atoms with Gasteiger partial charge in [-0.2, -0.15) is 0 Å². The first-order valence-electron chi connectivity index (χ1n) is 5.82. The number of rotatable bonds is 3. The lowest BCUT2D eigenvalue weighted by Crippen LogP contribution is -2.02. The number of halogens is 2. The number of aromatic carboxylic acids is 1. The standard InChI is InChI=1S/C13H10Cl2N4O3/c14-5-1-2-9(20)8(3-5)18-19-12-6(13(21)22)4-7(16)10(15)11(12)17/h1-4,20H,16-17H2,(H,21,22). The van der Waals surface area contributed by atoms with E-state index < -0.39 is 5.97 Å². The van der Waals surface area contributed by atoms with Gasteiger partial charge in [-0.25, -0.2) is 4.79 Å². The summed E-state index contributed by atoms with van der Waals surface area (Å²) in [6, 6.07) is 5.28. The minimum atomic E-state index is -1.29. The maximum absolute atomic E-state index is 11.2. The van der Waals surface area contributed by atoms with E-state index in [9.17, 15) is 15.0 Å². The number of carboxylic acid groups (broad SMARTS) is 1. The van der Waals surface area contributed by atoms with Crippen LogP contribution in [0.1, 0.15) is 10.4 Å². The Kier molecular flexibility index (Phi) is 4.39. The van der Waals surface area contributed by atoms with E-state index in [4.69, 9.17) is 34.7 Å². The number of azo groups is 1. The number of carboxylic acids is 1. The monoisotopic (exact) mass is 340 g/mol. The number of phenolic OH excluding ortho intramolecular Hbond substituents is 1. The van der Waals surface area contributed by atoms with E-state index in [1.165, 1.54) is 18.2 Å². The molecule has 22 heavy (non-hydrogen) atoms. The van der Waals surface area contributed by atoms with Crippen LogP contribution in [0.2, 0.25) is 10.0 Å². The average molecular weight is 341 g/mol. The fourth-order valence-electron chi connectivity index (χ4n) is 1.64. The van der Waals surface area contributed by atoms with E-state index in [1.807, 2.05) is 0 Å². The van der Waals surface area contributed by atoms with E-state index in [-0.39, 0.29) is 39.1 Å². The summed E-state index contributed by atoms with van der Waals surface area (Å²) in [5, 5.41) is 26.7. The zero-order valence-corrected chi connectivity index (χ0v) is 12.4. The maximum atomic E-state index is 11.2. The highest BCUT2D eigenvalue weighted by Crippen LogP contribution is 2.39. The first-order valence-corrected chi connectivity index (χ1v) is 6.58. The van der Waals surface area contributed by atoms with Crippen molar-refractivity contribution >= 4 is 51.9 Å². The fraction of sp³-hybridized carbons (Fsp3) is 0. The number of phenols is 1. The summed E-state index contributed by atoms with van der Waals surface area (Å²) in [7, 11) is 0. The number of nitrogens with two attached hydrogens (primary N) is 2. The molecule has 0 aromatic heterocycles. The fourth-order valence-corrected chi connectivity index (χ4v) is 1.95. The molecule has 0 unspecified atom stereocenters. The third-order valence-electron chi connectivity index (χ3n) is 2.73. The van der Waals surface area contributed by atoms with E-state index in [2.05, 4.69) is 10.2 Å². The van der Waals surface area contributed by atoms with Crippen LogP contribution in [0.25, 0.3) is 0 Å². The van der Waals surface area contributed by atoms with Gasteiger partial charge in [-0.05, 0) is 24.3 Å². The minimum absolute atomic E-state index is 0.0149. The molecular formula is C13H10Cl2N4O3. The molecule has 2 rings (SSSR count). The summed E-state index contributed by atoms with van der Waals surface area (Å²) in [6.07, 6.45) is 0. The molecule has 2 aromatic rings. The summed E-state index contributed by atoms with van der Waals surface area (Å²) in [5.41, 5.74) is 10.8. The lowest BCUT2D eigenvalue weighted by Gasteiger charge is -2.08. The smallest absolute Gasteiger partial charge is 0.338 e. The third-order valence-corrected chi connectivity index (χ3v) is 3.38. The maximum Gasteiger partial charge on any atom is 0.338 e. The predicted octanol–water partition coefficient (Wildman–Crippen LogP) is 3.98. The molecule has 0 spiro atoms. The van der Waals surface area contributed by atoms with Gasteiger partial charge in [0, 0.05) is 5.02 Å². The zero-order chi connectivity index (χ0) is 16.4. The SMILES string of the molecule is Nc1cc(C(=O)O)c(N=Nc2cc(Cl)ccc2O)c(N)c1Cl. The van der Waals surface area contributed by atoms with Crippen molar-refractivity contribution in [1.82, 2.24) is 0 Å². The van der Waals surface area contributed by atoms with Gasteiger partial charge in [-0.1, -0.05) is 23.2 Å². The first kappa shape index (κ1) is 15.9. The molecule has 0 radical (unpaired) electrons. The van der Waals surface area contributed by atoms with Crippen LogP contribution >= 0.6 is 23.2 Å². The van der Waals surface area contributed by atoms with Gasteiger partial charge >= 0.3 is 5.97 Å². The number of nitrogen functional groups attached to an aromatic ring is 2. The molecule has 0 saturated carbocycles. The number of hydrogen-bond acceptors (Lipinski definition) is 6. The molecule has 7 nitrogen and oxygen atoms in total. The van der Waals surface area contributed by atoms with Crippen LogP contribution in [0, 0.1) is 0 Å². The Morgan fingerprint density at radius 2 is 1.82 bits per heavy atom. The minimum Gasteiger partial charge on any atom is -0.506 e.